The number of aliphatic imine (C=N–C) groups is 1. The predicted molar refractivity (Wildman–Crippen MR) is 102 cm³/mol. The topological polar surface area (TPSA) is 70.5 Å². The molecule has 1 N–H and O–H groups in total. The number of ether oxygens (including phenoxy) is 1. The van der Waals surface area contributed by atoms with Crippen LogP contribution in [0.5, 0.6) is 11.5 Å². The van der Waals surface area contributed by atoms with Gasteiger partial charge in [0.2, 0.25) is 0 Å². The van der Waals surface area contributed by atoms with E-state index in [0.29, 0.717) is 0 Å². The Morgan fingerprint density at radius 2 is 2.04 bits per heavy atom. The highest BCUT2D eigenvalue weighted by molar-refractivity contribution is 6.06. The molecule has 4 rings (SSSR count). The smallest absolute Gasteiger partial charge is 0.143 e. The van der Waals surface area contributed by atoms with E-state index in [9.17, 15) is 10.4 Å². The minimum Gasteiger partial charge on any atom is -0.506 e. The second-order valence-corrected chi connectivity index (χ2v) is 6.43. The van der Waals surface area contributed by atoms with E-state index >= 15 is 0 Å². The number of phenols is 1. The van der Waals surface area contributed by atoms with Gasteiger partial charge in [0.05, 0.1) is 23.9 Å². The summed E-state index contributed by atoms with van der Waals surface area (Å²) in [5.74, 6) is 0.827. The minimum atomic E-state index is 0.0474. The molecule has 3 aromatic rings. The van der Waals surface area contributed by atoms with E-state index in [0.717, 1.165) is 58.5 Å². The third-order valence-electron chi connectivity index (χ3n) is 5.00. The fourth-order valence-electron chi connectivity index (χ4n) is 3.69. The zero-order valence-electron chi connectivity index (χ0n) is 14.8. The van der Waals surface area contributed by atoms with Crippen LogP contribution in [0.2, 0.25) is 0 Å². The molecule has 0 saturated carbocycles. The van der Waals surface area contributed by atoms with Gasteiger partial charge in [-0.1, -0.05) is 12.1 Å². The van der Waals surface area contributed by atoms with Crippen molar-refractivity contribution in [2.24, 2.45) is 4.99 Å². The molecule has 0 unspecified atom stereocenters. The normalized spacial score (nSPS) is 13.3. The van der Waals surface area contributed by atoms with Crippen molar-refractivity contribution in [2.45, 2.75) is 19.9 Å². The average Bonchev–Trinajstić information content (AvgIpc) is 2.82. The molecule has 1 aliphatic heterocycles. The highest BCUT2D eigenvalue weighted by Gasteiger charge is 2.23. The Labute approximate surface area is 151 Å². The molecular formula is C21H19N3O2. The molecule has 1 aliphatic rings. The van der Waals surface area contributed by atoms with Gasteiger partial charge < -0.3 is 14.4 Å². The second-order valence-electron chi connectivity index (χ2n) is 6.43. The van der Waals surface area contributed by atoms with Gasteiger partial charge in [-0.15, -0.1) is 0 Å². The molecule has 5 heteroatoms. The first kappa shape index (κ1) is 16.2. The van der Waals surface area contributed by atoms with Crippen LogP contribution in [0.3, 0.4) is 0 Å². The summed E-state index contributed by atoms with van der Waals surface area (Å²) in [6, 6.07) is 11.7. The molecule has 0 spiro atoms. The third kappa shape index (κ3) is 2.34. The van der Waals surface area contributed by atoms with Gasteiger partial charge in [0.1, 0.15) is 17.6 Å². The highest BCUT2D eigenvalue weighted by Crippen LogP contribution is 2.41. The molecule has 1 aromatic heterocycles. The lowest BCUT2D eigenvalue weighted by Gasteiger charge is -2.12. The lowest BCUT2D eigenvalue weighted by Crippen LogP contribution is -2.02. The van der Waals surface area contributed by atoms with E-state index in [1.165, 1.54) is 0 Å². The first-order chi connectivity index (χ1) is 12.7. The molecule has 2 aromatic carbocycles. The molecule has 26 heavy (non-hydrogen) atoms. The number of methoxy groups -OCH3 is 1. The molecule has 0 fully saturated rings. The second kappa shape index (κ2) is 6.23. The summed E-state index contributed by atoms with van der Waals surface area (Å²) in [5.41, 5.74) is 5.10. The van der Waals surface area contributed by atoms with Gasteiger partial charge in [-0.3, -0.25) is 4.99 Å². The number of benzene rings is 2. The number of rotatable bonds is 2. The zero-order chi connectivity index (χ0) is 18.3. The fraction of sp³-hybridized carbons (Fsp3) is 0.238. The summed E-state index contributed by atoms with van der Waals surface area (Å²) in [6.07, 6.45) is 2.82. The molecule has 0 bridgehead atoms. The van der Waals surface area contributed by atoms with Crippen LogP contribution >= 0.6 is 0 Å². The Morgan fingerprint density at radius 3 is 2.73 bits per heavy atom. The fourth-order valence-corrected chi connectivity index (χ4v) is 3.69. The van der Waals surface area contributed by atoms with Crippen molar-refractivity contribution in [3.05, 3.63) is 47.2 Å². The van der Waals surface area contributed by atoms with Gasteiger partial charge >= 0.3 is 0 Å². The number of hydrogen-bond donors (Lipinski definition) is 1. The molecule has 130 valence electrons. The number of aryl methyl sites for hydroxylation is 2. The zero-order valence-corrected chi connectivity index (χ0v) is 14.8. The number of aromatic hydroxyl groups is 1. The molecule has 2 heterocycles. The van der Waals surface area contributed by atoms with E-state index in [1.807, 2.05) is 37.4 Å². The summed E-state index contributed by atoms with van der Waals surface area (Å²) in [4.78, 5) is 4.46. The van der Waals surface area contributed by atoms with Gasteiger partial charge in [-0.05, 0) is 42.7 Å². The Bertz CT molecular complexity index is 1070. The van der Waals surface area contributed by atoms with Gasteiger partial charge in [0.25, 0.3) is 0 Å². The lowest BCUT2D eigenvalue weighted by atomic mass is 9.97. The molecule has 0 atom stereocenters. The minimum absolute atomic E-state index is 0.0474. The number of nitrogens with zero attached hydrogens (tertiary/aromatic N) is 3. The monoisotopic (exact) mass is 345 g/mol. The van der Waals surface area contributed by atoms with E-state index in [4.69, 9.17) is 4.74 Å². The Balaban J connectivity index is 2.10. The Morgan fingerprint density at radius 1 is 1.27 bits per heavy atom. The van der Waals surface area contributed by atoms with Gasteiger partial charge in [0.15, 0.2) is 0 Å². The number of hydrogen-bond acceptors (Lipinski definition) is 4. The van der Waals surface area contributed by atoms with Crippen molar-refractivity contribution in [3.8, 4) is 28.7 Å². The van der Waals surface area contributed by atoms with E-state index in [-0.39, 0.29) is 11.3 Å². The number of nitriles is 1. The van der Waals surface area contributed by atoms with Gasteiger partial charge in [-0.2, -0.15) is 5.26 Å². The third-order valence-corrected chi connectivity index (χ3v) is 5.00. The van der Waals surface area contributed by atoms with Crippen LogP contribution in [0, 0.1) is 18.3 Å². The van der Waals surface area contributed by atoms with Crippen LogP contribution in [0.1, 0.15) is 23.2 Å². The van der Waals surface area contributed by atoms with Crippen molar-refractivity contribution < 1.29 is 9.84 Å². The number of phenolic OH excluding ortho intramolecular Hbond substituents is 1. The molecule has 0 amide bonds. The maximum Gasteiger partial charge on any atom is 0.143 e. The summed E-state index contributed by atoms with van der Waals surface area (Å²) in [6.45, 7) is 3.60. The maximum atomic E-state index is 10.7. The van der Waals surface area contributed by atoms with Crippen LogP contribution in [0.15, 0.2) is 35.3 Å². The van der Waals surface area contributed by atoms with Crippen LogP contribution in [-0.2, 0) is 6.54 Å². The summed E-state index contributed by atoms with van der Waals surface area (Å²) < 4.78 is 7.46. The van der Waals surface area contributed by atoms with Crippen LogP contribution in [0.25, 0.3) is 22.0 Å². The largest absolute Gasteiger partial charge is 0.506 e. The molecule has 0 saturated heterocycles. The molecular weight excluding hydrogens is 326 g/mol. The van der Waals surface area contributed by atoms with E-state index in [1.54, 1.807) is 13.2 Å². The SMILES string of the molecule is COc1ccc(-c2cc(C#N)c(O)c3c(C)c4n(c23)CCCN=C4)cc1. The lowest BCUT2D eigenvalue weighted by molar-refractivity contribution is 0.415. The summed E-state index contributed by atoms with van der Waals surface area (Å²) in [7, 11) is 1.64. The first-order valence-corrected chi connectivity index (χ1v) is 8.58. The van der Waals surface area contributed by atoms with Crippen molar-refractivity contribution >= 4 is 17.1 Å². The average molecular weight is 345 g/mol. The Kier molecular flexibility index (Phi) is 3.89. The maximum absolute atomic E-state index is 10.7. The summed E-state index contributed by atoms with van der Waals surface area (Å²) in [5, 5.41) is 20.9. The van der Waals surface area contributed by atoms with E-state index in [2.05, 4.69) is 15.6 Å². The number of aromatic nitrogens is 1. The Hall–Kier alpha value is -3.26. The van der Waals surface area contributed by atoms with Crippen LogP contribution < -0.4 is 4.74 Å². The van der Waals surface area contributed by atoms with Crippen molar-refractivity contribution in [1.29, 1.82) is 5.26 Å². The van der Waals surface area contributed by atoms with Gasteiger partial charge in [-0.25, -0.2) is 0 Å². The van der Waals surface area contributed by atoms with Crippen molar-refractivity contribution in [3.63, 3.8) is 0 Å². The standard InChI is InChI=1S/C21H19N3O2/c1-13-18-12-23-8-3-9-24(18)20-17(10-15(11-22)21(25)19(13)20)14-4-6-16(26-2)7-5-14/h4-7,10,12,25H,3,8-9H2,1-2H3. The molecule has 0 aliphatic carbocycles. The van der Waals surface area contributed by atoms with Crippen molar-refractivity contribution in [2.75, 3.05) is 13.7 Å². The summed E-state index contributed by atoms with van der Waals surface area (Å²) >= 11 is 0. The van der Waals surface area contributed by atoms with Crippen LogP contribution in [-0.4, -0.2) is 29.5 Å². The number of fused-ring (bicyclic) bond motifs is 3. The quantitative estimate of drug-likeness (QED) is 0.762. The predicted octanol–water partition coefficient (Wildman–Crippen LogP) is 4.03. The molecule has 0 radical (unpaired) electrons. The van der Waals surface area contributed by atoms with Gasteiger partial charge in [0, 0.05) is 30.3 Å². The van der Waals surface area contributed by atoms with E-state index < -0.39 is 0 Å². The highest BCUT2D eigenvalue weighted by atomic mass is 16.5. The van der Waals surface area contributed by atoms with Crippen molar-refractivity contribution in [1.82, 2.24) is 4.57 Å². The van der Waals surface area contributed by atoms with Crippen LogP contribution in [0.4, 0.5) is 0 Å². The molecule has 5 nitrogen and oxygen atoms in total. The first-order valence-electron chi connectivity index (χ1n) is 8.58.